The van der Waals surface area contributed by atoms with Gasteiger partial charge in [-0.05, 0) is 25.0 Å². The lowest BCUT2D eigenvalue weighted by Crippen LogP contribution is -2.14. The molecule has 2 aromatic rings. The minimum absolute atomic E-state index is 0.0344. The predicted octanol–water partition coefficient (Wildman–Crippen LogP) is 3.59. The molecule has 0 unspecified atom stereocenters. The fourth-order valence-corrected chi connectivity index (χ4v) is 2.57. The molecule has 1 amide bonds. The highest BCUT2D eigenvalue weighted by Gasteiger charge is 2.29. The largest absolute Gasteiger partial charge is 0.310 e. The van der Waals surface area contributed by atoms with Gasteiger partial charge >= 0.3 is 0 Å². The van der Waals surface area contributed by atoms with Crippen molar-refractivity contribution >= 4 is 17.5 Å². The summed E-state index contributed by atoms with van der Waals surface area (Å²) in [5.41, 5.74) is 1.23. The van der Waals surface area contributed by atoms with Crippen molar-refractivity contribution in [3.63, 3.8) is 0 Å². The Morgan fingerprint density at radius 1 is 1.26 bits per heavy atom. The van der Waals surface area contributed by atoms with E-state index in [0.29, 0.717) is 17.1 Å². The van der Waals surface area contributed by atoms with Crippen LogP contribution in [0.5, 0.6) is 0 Å². The van der Waals surface area contributed by atoms with E-state index in [0.717, 1.165) is 12.8 Å². The minimum atomic E-state index is -2.57. The lowest BCUT2D eigenvalue weighted by molar-refractivity contribution is -0.117. The maximum Gasteiger partial charge on any atom is 0.239 e. The standard InChI is InChI=1S/C19H16F2N4O2/c20-17(21)6-5-16(26)14-4-3-12(7-13(14)9-22)15-8-18(24-10-23-15)25-19(27)11-1-2-11/h3-4,7-8,10-11,17H,1-2,5-6H2,(H,23,24,25,27). The molecule has 0 bridgehead atoms. The van der Waals surface area contributed by atoms with E-state index in [2.05, 4.69) is 15.3 Å². The lowest BCUT2D eigenvalue weighted by atomic mass is 9.98. The topological polar surface area (TPSA) is 95.7 Å². The Kier molecular flexibility index (Phi) is 5.50. The molecule has 0 radical (unpaired) electrons. The van der Waals surface area contributed by atoms with Gasteiger partial charge in [-0.2, -0.15) is 5.26 Å². The van der Waals surface area contributed by atoms with Crippen LogP contribution in [0.4, 0.5) is 14.6 Å². The molecular formula is C19H16F2N4O2. The van der Waals surface area contributed by atoms with E-state index in [9.17, 15) is 23.6 Å². The number of alkyl halides is 2. The molecule has 0 aliphatic heterocycles. The van der Waals surface area contributed by atoms with Gasteiger partial charge in [-0.1, -0.05) is 6.07 Å². The SMILES string of the molecule is N#Cc1cc(-c2cc(NC(=O)C3CC3)ncn2)ccc1C(=O)CCC(F)F. The van der Waals surface area contributed by atoms with E-state index in [1.54, 1.807) is 12.1 Å². The molecular weight excluding hydrogens is 354 g/mol. The van der Waals surface area contributed by atoms with E-state index in [-0.39, 0.29) is 29.4 Å². The first-order valence-corrected chi connectivity index (χ1v) is 8.46. The van der Waals surface area contributed by atoms with Gasteiger partial charge in [0.2, 0.25) is 12.3 Å². The fraction of sp³-hybridized carbons (Fsp3) is 0.316. The highest BCUT2D eigenvalue weighted by atomic mass is 19.3. The quantitative estimate of drug-likeness (QED) is 0.752. The van der Waals surface area contributed by atoms with Gasteiger partial charge < -0.3 is 5.32 Å². The number of ketones is 1. The Hall–Kier alpha value is -3.21. The number of nitrogens with zero attached hydrogens (tertiary/aromatic N) is 3. The summed E-state index contributed by atoms with van der Waals surface area (Å²) in [7, 11) is 0. The van der Waals surface area contributed by atoms with Crippen LogP contribution in [-0.2, 0) is 4.79 Å². The summed E-state index contributed by atoms with van der Waals surface area (Å²) in [5, 5.41) is 12.0. The molecule has 138 valence electrons. The number of halogens is 2. The number of carbonyl (C=O) groups is 2. The van der Waals surface area contributed by atoms with Crippen molar-refractivity contribution in [2.45, 2.75) is 32.1 Å². The van der Waals surface area contributed by atoms with Crippen molar-refractivity contribution in [3.8, 4) is 17.3 Å². The van der Waals surface area contributed by atoms with Crippen LogP contribution in [0.1, 0.15) is 41.6 Å². The van der Waals surface area contributed by atoms with Gasteiger partial charge in [0.15, 0.2) is 5.78 Å². The number of rotatable bonds is 7. The van der Waals surface area contributed by atoms with Crippen molar-refractivity contribution in [1.29, 1.82) is 5.26 Å². The number of carbonyl (C=O) groups excluding carboxylic acids is 2. The monoisotopic (exact) mass is 370 g/mol. The van der Waals surface area contributed by atoms with Crippen molar-refractivity contribution in [2.75, 3.05) is 5.32 Å². The van der Waals surface area contributed by atoms with Crippen molar-refractivity contribution in [3.05, 3.63) is 41.7 Å². The zero-order chi connectivity index (χ0) is 19.4. The van der Waals surface area contributed by atoms with Crippen LogP contribution in [0, 0.1) is 17.2 Å². The molecule has 1 aliphatic rings. The van der Waals surface area contributed by atoms with Gasteiger partial charge in [-0.15, -0.1) is 0 Å². The number of nitriles is 1. The van der Waals surface area contributed by atoms with Crippen LogP contribution < -0.4 is 5.32 Å². The van der Waals surface area contributed by atoms with Crippen LogP contribution in [0.3, 0.4) is 0 Å². The molecule has 1 heterocycles. The average molecular weight is 370 g/mol. The number of hydrogen-bond acceptors (Lipinski definition) is 5. The second-order valence-corrected chi connectivity index (χ2v) is 6.28. The summed E-state index contributed by atoms with van der Waals surface area (Å²) >= 11 is 0. The molecule has 1 fully saturated rings. The van der Waals surface area contributed by atoms with Gasteiger partial charge in [0.25, 0.3) is 0 Å². The Balaban J connectivity index is 1.81. The third-order valence-corrected chi connectivity index (χ3v) is 4.19. The van der Waals surface area contributed by atoms with Crippen LogP contribution >= 0.6 is 0 Å². The van der Waals surface area contributed by atoms with Crippen LogP contribution in [0.25, 0.3) is 11.3 Å². The summed E-state index contributed by atoms with van der Waals surface area (Å²) in [6.45, 7) is 0. The number of nitrogens with one attached hydrogen (secondary N) is 1. The third-order valence-electron chi connectivity index (χ3n) is 4.19. The number of aromatic nitrogens is 2. The molecule has 0 spiro atoms. The van der Waals surface area contributed by atoms with Crippen molar-refractivity contribution in [2.24, 2.45) is 5.92 Å². The van der Waals surface area contributed by atoms with Gasteiger partial charge in [0.1, 0.15) is 12.1 Å². The van der Waals surface area contributed by atoms with E-state index in [4.69, 9.17) is 0 Å². The molecule has 27 heavy (non-hydrogen) atoms. The van der Waals surface area contributed by atoms with E-state index in [1.165, 1.54) is 18.5 Å². The first-order chi connectivity index (χ1) is 13.0. The molecule has 3 rings (SSSR count). The molecule has 1 saturated carbocycles. The number of hydrogen-bond donors (Lipinski definition) is 1. The Morgan fingerprint density at radius 2 is 2.04 bits per heavy atom. The molecule has 6 nitrogen and oxygen atoms in total. The van der Waals surface area contributed by atoms with E-state index < -0.39 is 18.6 Å². The van der Waals surface area contributed by atoms with Crippen molar-refractivity contribution < 1.29 is 18.4 Å². The summed E-state index contributed by atoms with van der Waals surface area (Å²) in [6, 6.07) is 8.00. The second kappa shape index (κ2) is 7.99. The molecule has 1 aromatic heterocycles. The Labute approximate surface area is 154 Å². The van der Waals surface area contributed by atoms with E-state index >= 15 is 0 Å². The van der Waals surface area contributed by atoms with Gasteiger partial charge in [0.05, 0.1) is 17.3 Å². The molecule has 1 aliphatic carbocycles. The maximum absolute atomic E-state index is 12.3. The zero-order valence-corrected chi connectivity index (χ0v) is 14.3. The van der Waals surface area contributed by atoms with Crippen LogP contribution in [0.2, 0.25) is 0 Å². The summed E-state index contributed by atoms with van der Waals surface area (Å²) in [4.78, 5) is 32.1. The molecule has 1 aromatic carbocycles. The van der Waals surface area contributed by atoms with Gasteiger partial charge in [-0.25, -0.2) is 18.7 Å². The fourth-order valence-electron chi connectivity index (χ4n) is 2.57. The predicted molar refractivity (Wildman–Crippen MR) is 93.1 cm³/mol. The number of anilines is 1. The zero-order valence-electron chi connectivity index (χ0n) is 14.3. The normalized spacial score (nSPS) is 13.3. The van der Waals surface area contributed by atoms with E-state index in [1.807, 2.05) is 6.07 Å². The number of amides is 1. The van der Waals surface area contributed by atoms with Gasteiger partial charge in [0, 0.05) is 36.0 Å². The second-order valence-electron chi connectivity index (χ2n) is 6.28. The van der Waals surface area contributed by atoms with Crippen molar-refractivity contribution in [1.82, 2.24) is 9.97 Å². The lowest BCUT2D eigenvalue weighted by Gasteiger charge is -2.08. The van der Waals surface area contributed by atoms with Gasteiger partial charge in [-0.3, -0.25) is 9.59 Å². The Bertz CT molecular complexity index is 920. The minimum Gasteiger partial charge on any atom is -0.310 e. The average Bonchev–Trinajstić information content (AvgIpc) is 3.51. The third kappa shape index (κ3) is 4.70. The number of Topliss-reactive ketones (excluding diaryl/α,β-unsaturated/α-hetero) is 1. The summed E-state index contributed by atoms with van der Waals surface area (Å²) in [6.07, 6.45) is -0.389. The maximum atomic E-state index is 12.3. The Morgan fingerprint density at radius 3 is 2.70 bits per heavy atom. The molecule has 8 heteroatoms. The highest BCUT2D eigenvalue weighted by molar-refractivity contribution is 5.99. The first-order valence-electron chi connectivity index (χ1n) is 8.46. The molecule has 0 saturated heterocycles. The van der Waals surface area contributed by atoms with Crippen LogP contribution in [0.15, 0.2) is 30.6 Å². The van der Waals surface area contributed by atoms with Crippen LogP contribution in [-0.4, -0.2) is 28.1 Å². The first kappa shape index (κ1) is 18.6. The molecule has 1 N–H and O–H groups in total. The highest BCUT2D eigenvalue weighted by Crippen LogP contribution is 2.30. The summed E-state index contributed by atoms with van der Waals surface area (Å²) in [5.74, 6) is -0.199. The smallest absolute Gasteiger partial charge is 0.239 e. The number of benzene rings is 1. The molecule has 0 atom stereocenters. The summed E-state index contributed by atoms with van der Waals surface area (Å²) < 4.78 is 24.6.